The van der Waals surface area contributed by atoms with Crippen LogP contribution in [0.4, 0.5) is 20.2 Å². The van der Waals surface area contributed by atoms with Crippen LogP contribution in [0, 0.1) is 18.6 Å². The molecule has 0 spiro atoms. The lowest BCUT2D eigenvalue weighted by molar-refractivity contribution is -0.113. The minimum absolute atomic E-state index is 0.109. The topological polar surface area (TPSA) is 56.7 Å². The van der Waals surface area contributed by atoms with Crippen molar-refractivity contribution in [1.82, 2.24) is 10.2 Å². The van der Waals surface area contributed by atoms with Gasteiger partial charge in [-0.05, 0) is 43.7 Å². The van der Waals surface area contributed by atoms with Gasteiger partial charge in [0.1, 0.15) is 11.6 Å². The Bertz CT molecular complexity index is 962. The summed E-state index contributed by atoms with van der Waals surface area (Å²) in [6, 6.07) is 5.51. The number of nitrogens with zero attached hydrogens (tertiary/aromatic N) is 2. The van der Waals surface area contributed by atoms with E-state index < -0.39 is 17.2 Å². The molecule has 1 heterocycles. The van der Waals surface area contributed by atoms with Gasteiger partial charge >= 0.3 is 0 Å². The third-order valence-electron chi connectivity index (χ3n) is 4.88. The van der Waals surface area contributed by atoms with Crippen molar-refractivity contribution < 1.29 is 13.6 Å². The maximum atomic E-state index is 14.9. The Morgan fingerprint density at radius 1 is 1.28 bits per heavy atom. The van der Waals surface area contributed by atoms with E-state index in [0.29, 0.717) is 37.2 Å². The number of hydrogen-bond acceptors (Lipinski definition) is 4. The highest BCUT2D eigenvalue weighted by molar-refractivity contribution is 6.42. The van der Waals surface area contributed by atoms with Crippen LogP contribution in [0.3, 0.4) is 0 Å². The molecule has 0 aromatic heterocycles. The van der Waals surface area contributed by atoms with Crippen LogP contribution in [-0.4, -0.2) is 37.8 Å². The van der Waals surface area contributed by atoms with Gasteiger partial charge in [0.15, 0.2) is 0 Å². The molecule has 3 rings (SSSR count). The molecule has 1 fully saturated rings. The lowest BCUT2D eigenvalue weighted by Crippen LogP contribution is -2.39. The Morgan fingerprint density at radius 3 is 2.69 bits per heavy atom. The largest absolute Gasteiger partial charge is 0.372 e. The Labute approximate surface area is 177 Å². The Hall–Kier alpha value is -2.22. The van der Waals surface area contributed by atoms with Crippen molar-refractivity contribution in [3.05, 3.63) is 57.1 Å². The molecule has 2 aromatic rings. The molecule has 1 aliphatic heterocycles. The fraction of sp³-hybridized carbons (Fsp3) is 0.300. The number of halogens is 4. The molecule has 1 saturated heterocycles. The van der Waals surface area contributed by atoms with Crippen molar-refractivity contribution in [3.63, 3.8) is 0 Å². The number of nitrogens with one attached hydrogen (secondary N) is 2. The molecule has 0 radical (unpaired) electrons. The molecule has 5 nitrogen and oxygen atoms in total. The molecule has 1 unspecified atom stereocenters. The van der Waals surface area contributed by atoms with E-state index in [1.54, 1.807) is 13.0 Å². The third-order valence-corrected chi connectivity index (χ3v) is 5.69. The van der Waals surface area contributed by atoms with E-state index in [1.165, 1.54) is 36.5 Å². The van der Waals surface area contributed by atoms with Gasteiger partial charge in [-0.3, -0.25) is 4.79 Å². The minimum Gasteiger partial charge on any atom is -0.372 e. The molecular formula is C20H20Cl2F2N4O. The van der Waals surface area contributed by atoms with Crippen LogP contribution in [0.15, 0.2) is 29.3 Å². The first-order chi connectivity index (χ1) is 13.8. The zero-order chi connectivity index (χ0) is 21.2. The molecule has 1 atom stereocenters. The van der Waals surface area contributed by atoms with Crippen molar-refractivity contribution >= 4 is 47.3 Å². The molecular weight excluding hydrogens is 421 g/mol. The highest BCUT2D eigenvalue weighted by atomic mass is 35.5. The minimum atomic E-state index is -0.956. The second-order valence-electron chi connectivity index (χ2n) is 6.99. The van der Waals surface area contributed by atoms with Crippen LogP contribution in [0.2, 0.25) is 10.0 Å². The predicted molar refractivity (Wildman–Crippen MR) is 112 cm³/mol. The molecule has 9 heteroatoms. The van der Waals surface area contributed by atoms with Gasteiger partial charge in [0, 0.05) is 25.2 Å². The lowest BCUT2D eigenvalue weighted by atomic mass is 9.87. The highest BCUT2D eigenvalue weighted by Crippen LogP contribution is 2.41. The Balaban J connectivity index is 2.01. The summed E-state index contributed by atoms with van der Waals surface area (Å²) in [5.41, 5.74) is 0.519. The summed E-state index contributed by atoms with van der Waals surface area (Å²) in [5, 5.41) is 6.67. The molecule has 1 amide bonds. The average Bonchev–Trinajstić information content (AvgIpc) is 3.15. The fourth-order valence-corrected chi connectivity index (χ4v) is 3.88. The SMILES string of the molecule is Cc1cc(NC2(c3c(F)ccc(Cl)c3Cl)CCNC2)c(F)cc1N=CN(C)C=O. The van der Waals surface area contributed by atoms with E-state index in [-0.39, 0.29) is 21.3 Å². The highest BCUT2D eigenvalue weighted by Gasteiger charge is 2.40. The first kappa shape index (κ1) is 21.5. The number of hydrogen-bond donors (Lipinski definition) is 2. The van der Waals surface area contributed by atoms with Gasteiger partial charge < -0.3 is 15.5 Å². The van der Waals surface area contributed by atoms with Crippen LogP contribution in [0.25, 0.3) is 0 Å². The maximum Gasteiger partial charge on any atom is 0.214 e. The van der Waals surface area contributed by atoms with E-state index in [1.807, 2.05) is 0 Å². The van der Waals surface area contributed by atoms with Crippen molar-refractivity contribution in [2.45, 2.75) is 18.9 Å². The van der Waals surface area contributed by atoms with Gasteiger partial charge in [0.25, 0.3) is 0 Å². The first-order valence-corrected chi connectivity index (χ1v) is 9.67. The summed E-state index contributed by atoms with van der Waals surface area (Å²) >= 11 is 12.4. The summed E-state index contributed by atoms with van der Waals surface area (Å²) in [6.07, 6.45) is 2.38. The van der Waals surface area contributed by atoms with Crippen molar-refractivity contribution in [2.24, 2.45) is 4.99 Å². The van der Waals surface area contributed by atoms with Crippen molar-refractivity contribution in [2.75, 3.05) is 25.5 Å². The molecule has 29 heavy (non-hydrogen) atoms. The molecule has 0 saturated carbocycles. The molecule has 2 aromatic carbocycles. The average molecular weight is 441 g/mol. The number of benzene rings is 2. The Kier molecular flexibility index (Phi) is 6.41. The first-order valence-electron chi connectivity index (χ1n) is 8.92. The number of aryl methyl sites for hydroxylation is 1. The van der Waals surface area contributed by atoms with Crippen molar-refractivity contribution in [3.8, 4) is 0 Å². The summed E-state index contributed by atoms with van der Waals surface area (Å²) in [5.74, 6) is -1.06. The number of carbonyl (C=O) groups excluding carboxylic acids is 1. The molecule has 154 valence electrons. The van der Waals surface area contributed by atoms with Gasteiger partial charge in [-0.2, -0.15) is 0 Å². The molecule has 0 bridgehead atoms. The van der Waals surface area contributed by atoms with Crippen LogP contribution < -0.4 is 10.6 Å². The number of aliphatic imine (C=N–C) groups is 1. The van der Waals surface area contributed by atoms with E-state index in [2.05, 4.69) is 15.6 Å². The van der Waals surface area contributed by atoms with Crippen LogP contribution in [-0.2, 0) is 10.3 Å². The molecule has 0 aliphatic carbocycles. The zero-order valence-corrected chi connectivity index (χ0v) is 17.4. The van der Waals surface area contributed by atoms with Gasteiger partial charge in [-0.25, -0.2) is 13.8 Å². The Morgan fingerprint density at radius 2 is 2.03 bits per heavy atom. The summed E-state index contributed by atoms with van der Waals surface area (Å²) in [7, 11) is 1.53. The second-order valence-corrected chi connectivity index (χ2v) is 7.77. The standard InChI is InChI=1S/C20H20Cl2F2N4O/c1-12-7-17(15(24)8-16(12)26-10-28(2)11-29)27-20(5-6-25-9-20)18-14(23)4-3-13(21)19(18)22/h3-4,7-8,10-11,25,27H,5-6,9H2,1-2H3. The zero-order valence-electron chi connectivity index (χ0n) is 15.9. The predicted octanol–water partition coefficient (Wildman–Crippen LogP) is 4.63. The smallest absolute Gasteiger partial charge is 0.214 e. The third kappa shape index (κ3) is 4.37. The van der Waals surface area contributed by atoms with E-state index >= 15 is 0 Å². The van der Waals surface area contributed by atoms with Crippen LogP contribution >= 0.6 is 23.2 Å². The number of anilines is 1. The van der Waals surface area contributed by atoms with Gasteiger partial charge in [-0.1, -0.05) is 23.2 Å². The van der Waals surface area contributed by atoms with E-state index in [4.69, 9.17) is 23.2 Å². The van der Waals surface area contributed by atoms with E-state index in [9.17, 15) is 13.6 Å². The van der Waals surface area contributed by atoms with E-state index in [0.717, 1.165) is 0 Å². The number of rotatable bonds is 6. The van der Waals surface area contributed by atoms with Gasteiger partial charge in [-0.15, -0.1) is 0 Å². The monoisotopic (exact) mass is 440 g/mol. The van der Waals surface area contributed by atoms with Crippen LogP contribution in [0.1, 0.15) is 17.5 Å². The number of carbonyl (C=O) groups is 1. The van der Waals surface area contributed by atoms with Crippen LogP contribution in [0.5, 0.6) is 0 Å². The van der Waals surface area contributed by atoms with Gasteiger partial charge in [0.05, 0.1) is 33.3 Å². The normalized spacial score (nSPS) is 19.0. The summed E-state index contributed by atoms with van der Waals surface area (Å²) in [4.78, 5) is 16.0. The quantitative estimate of drug-likeness (QED) is 0.298. The fourth-order valence-electron chi connectivity index (χ4n) is 3.38. The molecule has 1 aliphatic rings. The lowest BCUT2D eigenvalue weighted by Gasteiger charge is -2.33. The summed E-state index contributed by atoms with van der Waals surface area (Å²) < 4.78 is 29.6. The van der Waals surface area contributed by atoms with Crippen molar-refractivity contribution in [1.29, 1.82) is 0 Å². The second kappa shape index (κ2) is 8.65. The maximum absolute atomic E-state index is 14.9. The van der Waals surface area contributed by atoms with Gasteiger partial charge in [0.2, 0.25) is 6.41 Å². The number of amides is 1. The summed E-state index contributed by atoms with van der Waals surface area (Å²) in [6.45, 7) is 2.73. The molecule has 2 N–H and O–H groups in total.